The normalized spacial score (nSPS) is 18.7. The maximum absolute atomic E-state index is 13.6. The van der Waals surface area contributed by atoms with Crippen molar-refractivity contribution in [1.82, 2.24) is 9.47 Å². The number of nitrogens with zero attached hydrogens (tertiary/aromatic N) is 3. The van der Waals surface area contributed by atoms with Gasteiger partial charge in [-0.2, -0.15) is 0 Å². The Morgan fingerprint density at radius 3 is 2.21 bits per heavy atom. The van der Waals surface area contributed by atoms with Gasteiger partial charge in [-0.25, -0.2) is 0 Å². The van der Waals surface area contributed by atoms with E-state index in [1.54, 1.807) is 9.47 Å². The number of thioether (sulfide) groups is 1. The Kier molecular flexibility index (Phi) is 8.02. The van der Waals surface area contributed by atoms with Crippen LogP contribution in [-0.2, 0) is 23.3 Å². The Balaban J connectivity index is 1.40. The summed E-state index contributed by atoms with van der Waals surface area (Å²) in [6, 6.07) is 26.9. The monoisotopic (exact) mass is 623 g/mol. The van der Waals surface area contributed by atoms with Crippen LogP contribution < -0.4 is 19.7 Å². The lowest BCUT2D eigenvalue weighted by atomic mass is 9.82. The minimum atomic E-state index is -0.257. The van der Waals surface area contributed by atoms with E-state index >= 15 is 0 Å². The smallest absolute Gasteiger partial charge is 0.269 e. The van der Waals surface area contributed by atoms with Crippen molar-refractivity contribution in [2.75, 3.05) is 11.4 Å². The third-order valence-corrected chi connectivity index (χ3v) is 10.9. The van der Waals surface area contributed by atoms with E-state index in [0.29, 0.717) is 31.5 Å². The quantitative estimate of drug-likeness (QED) is 0.238. The standard InChI is InChI=1S/C35H33N3O2S3/c1-5-36-27-18-17-25(24-15-11-8-12-16-24)21-26(27)35(3,4)29(36)20-19-28-31(39)37(6-2)33(42-28)30-32(40)38(34(41)43-30)22-23-13-9-7-10-14-23/h7-21H,5-6,22H2,1-4H3. The van der Waals surface area contributed by atoms with E-state index in [1.807, 2.05) is 49.4 Å². The Labute approximate surface area is 265 Å². The van der Waals surface area contributed by atoms with Crippen LogP contribution >= 0.6 is 35.3 Å². The second-order valence-electron chi connectivity index (χ2n) is 11.1. The molecule has 0 N–H and O–H groups in total. The molecule has 2 aliphatic heterocycles. The van der Waals surface area contributed by atoms with Crippen molar-refractivity contribution in [3.63, 3.8) is 0 Å². The molecule has 0 spiro atoms. The number of hydrogen-bond donors (Lipinski definition) is 0. The van der Waals surface area contributed by atoms with Crippen LogP contribution in [0, 0.1) is 0 Å². The first-order valence-electron chi connectivity index (χ1n) is 14.5. The molecule has 1 aromatic heterocycles. The Bertz CT molecular complexity index is 1940. The van der Waals surface area contributed by atoms with Crippen LogP contribution in [0.2, 0.25) is 0 Å². The van der Waals surface area contributed by atoms with Gasteiger partial charge < -0.3 is 4.90 Å². The average molecular weight is 624 g/mol. The number of fused-ring (bicyclic) bond motifs is 1. The molecular formula is C35H33N3O2S3. The second kappa shape index (κ2) is 11.8. The molecular weight excluding hydrogens is 591 g/mol. The Morgan fingerprint density at radius 1 is 0.837 bits per heavy atom. The highest BCUT2D eigenvalue weighted by Gasteiger charge is 2.39. The molecule has 1 saturated heterocycles. The van der Waals surface area contributed by atoms with Crippen LogP contribution in [-0.4, -0.2) is 26.2 Å². The lowest BCUT2D eigenvalue weighted by Gasteiger charge is -2.25. The molecule has 0 atom stereocenters. The summed E-state index contributed by atoms with van der Waals surface area (Å²) in [5, 5.41) is 0. The fourth-order valence-corrected chi connectivity index (χ4v) is 8.42. The molecule has 0 unspecified atom stereocenters. The zero-order valence-electron chi connectivity index (χ0n) is 24.7. The molecule has 3 aromatic carbocycles. The minimum Gasteiger partial charge on any atom is -0.344 e. The molecule has 0 aliphatic carbocycles. The Hall–Kier alpha value is -3.72. The number of allylic oxidation sites excluding steroid dienone is 2. The van der Waals surface area contributed by atoms with E-state index in [0.717, 1.165) is 17.8 Å². The third kappa shape index (κ3) is 5.22. The summed E-state index contributed by atoms with van der Waals surface area (Å²) in [5.41, 5.74) is 6.65. The number of amides is 1. The van der Waals surface area contributed by atoms with Crippen LogP contribution in [0.5, 0.6) is 0 Å². The minimum absolute atomic E-state index is 0.0876. The van der Waals surface area contributed by atoms with Gasteiger partial charge in [0.2, 0.25) is 0 Å². The largest absolute Gasteiger partial charge is 0.344 e. The highest BCUT2D eigenvalue weighted by atomic mass is 32.2. The highest BCUT2D eigenvalue weighted by Crippen LogP contribution is 2.48. The van der Waals surface area contributed by atoms with Crippen molar-refractivity contribution in [1.29, 1.82) is 0 Å². The van der Waals surface area contributed by atoms with Gasteiger partial charge in [0.05, 0.1) is 11.1 Å². The lowest BCUT2D eigenvalue weighted by Crippen LogP contribution is -2.33. The van der Waals surface area contributed by atoms with Crippen molar-refractivity contribution in [2.45, 2.75) is 46.2 Å². The van der Waals surface area contributed by atoms with Crippen LogP contribution in [0.1, 0.15) is 38.8 Å². The number of carbonyl (C=O) groups is 1. The molecule has 0 saturated carbocycles. The topological polar surface area (TPSA) is 45.5 Å². The van der Waals surface area contributed by atoms with Crippen molar-refractivity contribution in [3.05, 3.63) is 121 Å². The number of benzene rings is 3. The third-order valence-electron chi connectivity index (χ3n) is 8.16. The van der Waals surface area contributed by atoms with Crippen molar-refractivity contribution in [2.24, 2.45) is 0 Å². The molecule has 43 heavy (non-hydrogen) atoms. The van der Waals surface area contributed by atoms with Crippen molar-refractivity contribution in [3.8, 4) is 11.1 Å². The SMILES string of the molecule is CCN1C(=CC=c2sc(=C3SC(=S)N(Cc4ccccc4)C3=O)n(CC)c2=O)C(C)(C)c2cc(-c3ccccc3)ccc21. The molecule has 6 rings (SSSR count). The predicted octanol–water partition coefficient (Wildman–Crippen LogP) is 6.25. The zero-order chi connectivity index (χ0) is 30.3. The van der Waals surface area contributed by atoms with Crippen LogP contribution in [0.3, 0.4) is 0 Å². The molecule has 1 amide bonds. The predicted molar refractivity (Wildman–Crippen MR) is 185 cm³/mol. The van der Waals surface area contributed by atoms with Gasteiger partial charge in [0, 0.05) is 29.9 Å². The summed E-state index contributed by atoms with van der Waals surface area (Å²) in [6.45, 7) is 10.3. The van der Waals surface area contributed by atoms with Crippen molar-refractivity contribution >= 4 is 62.2 Å². The number of thiazole rings is 1. The van der Waals surface area contributed by atoms with Gasteiger partial charge in [-0.15, -0.1) is 11.3 Å². The highest BCUT2D eigenvalue weighted by molar-refractivity contribution is 8.30. The summed E-state index contributed by atoms with van der Waals surface area (Å²) >= 11 is 8.25. The molecule has 2 aliphatic rings. The molecule has 218 valence electrons. The van der Waals surface area contributed by atoms with E-state index in [9.17, 15) is 9.59 Å². The number of anilines is 1. The maximum Gasteiger partial charge on any atom is 0.269 e. The van der Waals surface area contributed by atoms with E-state index in [1.165, 1.54) is 45.5 Å². The first-order chi connectivity index (χ1) is 20.7. The van der Waals surface area contributed by atoms with Gasteiger partial charge >= 0.3 is 0 Å². The average Bonchev–Trinajstić information content (AvgIpc) is 3.57. The van der Waals surface area contributed by atoms with Gasteiger partial charge in [0.1, 0.15) is 13.9 Å². The number of aromatic nitrogens is 1. The first kappa shape index (κ1) is 29.4. The van der Waals surface area contributed by atoms with Crippen LogP contribution in [0.15, 0.2) is 95.4 Å². The molecule has 8 heteroatoms. The molecule has 1 fully saturated rings. The molecule has 4 aromatic rings. The second-order valence-corrected chi connectivity index (χ2v) is 13.8. The van der Waals surface area contributed by atoms with E-state index < -0.39 is 0 Å². The summed E-state index contributed by atoms with van der Waals surface area (Å²) in [6.07, 6.45) is 4.01. The van der Waals surface area contributed by atoms with Crippen LogP contribution in [0.25, 0.3) is 22.1 Å². The summed E-state index contributed by atoms with van der Waals surface area (Å²) in [4.78, 5) is 31.6. The van der Waals surface area contributed by atoms with Gasteiger partial charge in [-0.05, 0) is 60.4 Å². The molecule has 0 bridgehead atoms. The summed E-state index contributed by atoms with van der Waals surface area (Å²) in [7, 11) is 0. The molecule has 3 heterocycles. The summed E-state index contributed by atoms with van der Waals surface area (Å²) < 4.78 is 3.48. The fourth-order valence-electron chi connectivity index (χ4n) is 5.90. The number of thiocarbonyl (C=S) groups is 1. The zero-order valence-corrected chi connectivity index (χ0v) is 27.1. The maximum atomic E-state index is 13.6. The van der Waals surface area contributed by atoms with E-state index in [4.69, 9.17) is 12.2 Å². The van der Waals surface area contributed by atoms with E-state index in [2.05, 4.69) is 74.2 Å². The van der Waals surface area contributed by atoms with Crippen LogP contribution in [0.4, 0.5) is 5.69 Å². The fraction of sp³-hybridized carbons (Fsp3) is 0.229. The van der Waals surface area contributed by atoms with E-state index in [-0.39, 0.29) is 16.9 Å². The lowest BCUT2D eigenvalue weighted by molar-refractivity contribution is -0.121. The first-order valence-corrected chi connectivity index (χ1v) is 16.5. The van der Waals surface area contributed by atoms with Gasteiger partial charge in [0.15, 0.2) is 0 Å². The number of hydrogen-bond acceptors (Lipinski definition) is 6. The number of rotatable bonds is 6. The summed E-state index contributed by atoms with van der Waals surface area (Å²) in [5.74, 6) is -0.147. The van der Waals surface area contributed by atoms with Gasteiger partial charge in [-0.1, -0.05) is 105 Å². The Morgan fingerprint density at radius 2 is 1.53 bits per heavy atom. The molecule has 0 radical (unpaired) electrons. The number of carbonyl (C=O) groups excluding carboxylic acids is 1. The van der Waals surface area contributed by atoms with Gasteiger partial charge in [-0.3, -0.25) is 19.1 Å². The number of likely N-dealkylation sites (N-methyl/N-ethyl adjacent to an activating group) is 1. The van der Waals surface area contributed by atoms with Gasteiger partial charge in [0.25, 0.3) is 11.5 Å². The molecule has 5 nitrogen and oxygen atoms in total. The van der Waals surface area contributed by atoms with Crippen molar-refractivity contribution < 1.29 is 4.79 Å².